The summed E-state index contributed by atoms with van der Waals surface area (Å²) >= 11 is 7.05. The van der Waals surface area contributed by atoms with Gasteiger partial charge < -0.3 is 15.3 Å². The van der Waals surface area contributed by atoms with Crippen LogP contribution in [0.15, 0.2) is 39.8 Å². The molecule has 33 heavy (non-hydrogen) atoms. The molecule has 13 heteroatoms. The zero-order chi connectivity index (χ0) is 23.3. The van der Waals surface area contributed by atoms with E-state index in [2.05, 4.69) is 20.4 Å². The number of tetrazole rings is 1. The van der Waals surface area contributed by atoms with E-state index in [4.69, 9.17) is 21.8 Å². The molecule has 0 saturated carbocycles. The maximum absolute atomic E-state index is 12.9. The third-order valence-electron chi connectivity index (χ3n) is 5.11. The van der Waals surface area contributed by atoms with Gasteiger partial charge in [0.25, 0.3) is 11.5 Å². The van der Waals surface area contributed by atoms with Crippen LogP contribution in [0.25, 0.3) is 21.2 Å². The molecule has 1 amide bonds. The van der Waals surface area contributed by atoms with Gasteiger partial charge in [-0.05, 0) is 35.9 Å². The lowest BCUT2D eigenvalue weighted by Gasteiger charge is -2.05. The Morgan fingerprint density at radius 2 is 2.18 bits per heavy atom. The molecule has 5 aromatic rings. The van der Waals surface area contributed by atoms with Gasteiger partial charge >= 0.3 is 0 Å². The van der Waals surface area contributed by atoms with Crippen molar-refractivity contribution in [3.63, 3.8) is 0 Å². The van der Waals surface area contributed by atoms with Crippen molar-refractivity contribution in [2.75, 3.05) is 0 Å². The number of thiophene rings is 1. The van der Waals surface area contributed by atoms with Gasteiger partial charge in [0.1, 0.15) is 22.3 Å². The van der Waals surface area contributed by atoms with Crippen LogP contribution in [0.4, 0.5) is 0 Å². The summed E-state index contributed by atoms with van der Waals surface area (Å²) in [5.74, 6) is -0.00260. The first-order valence-electron chi connectivity index (χ1n) is 9.72. The van der Waals surface area contributed by atoms with Crippen LogP contribution in [-0.4, -0.2) is 40.8 Å². The van der Waals surface area contributed by atoms with E-state index in [1.807, 2.05) is 0 Å². The number of aliphatic hydroxyl groups is 1. The van der Waals surface area contributed by atoms with Crippen molar-refractivity contribution in [3.05, 3.63) is 68.0 Å². The first-order chi connectivity index (χ1) is 15.8. The van der Waals surface area contributed by atoms with Gasteiger partial charge in [-0.15, -0.1) is 21.5 Å². The molecular weight excluding hydrogens is 470 g/mol. The standard InChI is InChI=1S/C20H16ClN7O4S/c1-9-16-19(33-17(9)18(22)30)23-8-27(20(16)31)7-15-24-26-28(25-15)6-12(29)14-4-10-2-3-11(21)5-13(10)32-14/h2-5,8,12,29H,6-7H2,1H3,(H2,22,30)/t12-/m0/s1. The van der Waals surface area contributed by atoms with E-state index >= 15 is 0 Å². The minimum absolute atomic E-state index is 0.00164. The maximum Gasteiger partial charge on any atom is 0.262 e. The van der Waals surface area contributed by atoms with Crippen molar-refractivity contribution in [1.29, 1.82) is 0 Å². The summed E-state index contributed by atoms with van der Waals surface area (Å²) in [4.78, 5) is 30.7. The molecule has 0 bridgehead atoms. The second kappa shape index (κ2) is 8.06. The van der Waals surface area contributed by atoms with E-state index < -0.39 is 12.0 Å². The summed E-state index contributed by atoms with van der Waals surface area (Å²) in [7, 11) is 0. The predicted molar refractivity (Wildman–Crippen MR) is 120 cm³/mol. The molecule has 3 N–H and O–H groups in total. The van der Waals surface area contributed by atoms with E-state index in [1.54, 1.807) is 31.2 Å². The van der Waals surface area contributed by atoms with Crippen LogP contribution in [0.1, 0.15) is 32.9 Å². The molecule has 0 aliphatic heterocycles. The molecule has 5 rings (SSSR count). The number of nitrogens with zero attached hydrogens (tertiary/aromatic N) is 6. The van der Waals surface area contributed by atoms with Gasteiger partial charge in [-0.2, -0.15) is 4.80 Å². The molecule has 0 aliphatic carbocycles. The summed E-state index contributed by atoms with van der Waals surface area (Å²) in [6.07, 6.45) is 0.347. The molecule has 0 aliphatic rings. The number of benzene rings is 1. The molecule has 4 heterocycles. The highest BCUT2D eigenvalue weighted by molar-refractivity contribution is 7.20. The van der Waals surface area contributed by atoms with Gasteiger partial charge in [0.2, 0.25) is 0 Å². The van der Waals surface area contributed by atoms with E-state index in [0.717, 1.165) is 16.7 Å². The molecule has 0 radical (unpaired) electrons. The van der Waals surface area contributed by atoms with Crippen molar-refractivity contribution in [3.8, 4) is 0 Å². The van der Waals surface area contributed by atoms with E-state index in [9.17, 15) is 14.7 Å². The molecule has 0 saturated heterocycles. The van der Waals surface area contributed by atoms with Crippen LogP contribution in [0.5, 0.6) is 0 Å². The van der Waals surface area contributed by atoms with Gasteiger partial charge in [0.05, 0.1) is 29.7 Å². The Balaban J connectivity index is 1.36. The smallest absolute Gasteiger partial charge is 0.262 e. The van der Waals surface area contributed by atoms with Crippen LogP contribution in [0.2, 0.25) is 5.02 Å². The molecule has 0 spiro atoms. The topological polar surface area (TPSA) is 155 Å². The average molecular weight is 486 g/mol. The summed E-state index contributed by atoms with van der Waals surface area (Å²) < 4.78 is 6.99. The number of halogens is 1. The molecule has 168 valence electrons. The number of aliphatic hydroxyl groups excluding tert-OH is 1. The van der Waals surface area contributed by atoms with Crippen molar-refractivity contribution in [1.82, 2.24) is 29.8 Å². The highest BCUT2D eigenvalue weighted by Crippen LogP contribution is 2.27. The second-order valence-electron chi connectivity index (χ2n) is 7.39. The van der Waals surface area contributed by atoms with Crippen LogP contribution < -0.4 is 11.3 Å². The van der Waals surface area contributed by atoms with Gasteiger partial charge in [0.15, 0.2) is 5.82 Å². The minimum atomic E-state index is -1.01. The Morgan fingerprint density at radius 3 is 2.97 bits per heavy atom. The molecule has 4 aromatic heterocycles. The fourth-order valence-electron chi connectivity index (χ4n) is 3.51. The summed E-state index contributed by atoms with van der Waals surface area (Å²) in [5, 5.41) is 24.3. The molecule has 0 unspecified atom stereocenters. The molecule has 0 fully saturated rings. The minimum Gasteiger partial charge on any atom is -0.458 e. The number of furan rings is 1. The van der Waals surface area contributed by atoms with E-state index in [0.29, 0.717) is 37.0 Å². The number of hydrogen-bond donors (Lipinski definition) is 2. The Labute approximate surface area is 194 Å². The number of aryl methyl sites for hydroxylation is 1. The lowest BCUT2D eigenvalue weighted by Crippen LogP contribution is -2.22. The SMILES string of the molecule is Cc1c(C(N)=O)sc2ncn(Cc3nnn(C[C@H](O)c4cc5ccc(Cl)cc5o4)n3)c(=O)c12. The fraction of sp³-hybridized carbons (Fsp3) is 0.200. The highest BCUT2D eigenvalue weighted by Gasteiger charge is 2.19. The van der Waals surface area contributed by atoms with Crippen molar-refractivity contribution in [2.45, 2.75) is 26.1 Å². The number of carbonyl (C=O) groups excluding carboxylic acids is 1. The van der Waals surface area contributed by atoms with Gasteiger partial charge in [-0.25, -0.2) is 4.98 Å². The van der Waals surface area contributed by atoms with Gasteiger partial charge in [0, 0.05) is 16.5 Å². The Kier molecular flexibility index (Phi) is 5.19. The van der Waals surface area contributed by atoms with Crippen molar-refractivity contribution >= 4 is 50.0 Å². The zero-order valence-electron chi connectivity index (χ0n) is 17.1. The fourth-order valence-corrected chi connectivity index (χ4v) is 4.66. The quantitative estimate of drug-likeness (QED) is 0.370. The largest absolute Gasteiger partial charge is 0.458 e. The predicted octanol–water partition coefficient (Wildman–Crippen LogP) is 2.03. The second-order valence-corrected chi connectivity index (χ2v) is 8.82. The lowest BCUT2D eigenvalue weighted by atomic mass is 10.2. The van der Waals surface area contributed by atoms with Crippen LogP contribution in [0, 0.1) is 6.92 Å². The maximum atomic E-state index is 12.9. The molecular formula is C20H16ClN7O4S. The monoisotopic (exact) mass is 485 g/mol. The van der Waals surface area contributed by atoms with Crippen LogP contribution in [-0.2, 0) is 13.1 Å². The molecule has 11 nitrogen and oxygen atoms in total. The number of fused-ring (bicyclic) bond motifs is 2. The molecule has 1 aromatic carbocycles. The lowest BCUT2D eigenvalue weighted by molar-refractivity contribution is 0.100. The third kappa shape index (κ3) is 3.88. The summed E-state index contributed by atoms with van der Waals surface area (Å²) in [6.45, 7) is 1.68. The first kappa shape index (κ1) is 21.2. The number of primary amides is 1. The summed E-state index contributed by atoms with van der Waals surface area (Å²) in [5.41, 5.74) is 6.10. The third-order valence-corrected chi connectivity index (χ3v) is 6.56. The Bertz CT molecular complexity index is 1580. The Morgan fingerprint density at radius 1 is 1.36 bits per heavy atom. The number of carbonyl (C=O) groups is 1. The van der Waals surface area contributed by atoms with Crippen LogP contribution >= 0.6 is 22.9 Å². The number of aromatic nitrogens is 6. The van der Waals surface area contributed by atoms with Crippen molar-refractivity contribution < 1.29 is 14.3 Å². The number of nitrogens with two attached hydrogens (primary N) is 1. The van der Waals surface area contributed by atoms with Crippen molar-refractivity contribution in [2.24, 2.45) is 5.73 Å². The molecule has 1 atom stereocenters. The normalized spacial score (nSPS) is 12.6. The van der Waals surface area contributed by atoms with E-state index in [-0.39, 0.29) is 24.5 Å². The summed E-state index contributed by atoms with van der Waals surface area (Å²) in [6, 6.07) is 6.93. The van der Waals surface area contributed by atoms with E-state index in [1.165, 1.54) is 15.7 Å². The average Bonchev–Trinajstić information content (AvgIpc) is 3.47. The van der Waals surface area contributed by atoms with Gasteiger partial charge in [-0.1, -0.05) is 11.6 Å². The highest BCUT2D eigenvalue weighted by atomic mass is 35.5. The van der Waals surface area contributed by atoms with Gasteiger partial charge in [-0.3, -0.25) is 14.2 Å². The first-order valence-corrected chi connectivity index (χ1v) is 10.9. The number of hydrogen-bond acceptors (Lipinski definition) is 9. The number of rotatable bonds is 6. The number of amides is 1. The Hall–Kier alpha value is -3.61. The van der Waals surface area contributed by atoms with Crippen LogP contribution in [0.3, 0.4) is 0 Å². The zero-order valence-corrected chi connectivity index (χ0v) is 18.7.